The summed E-state index contributed by atoms with van der Waals surface area (Å²) in [6.07, 6.45) is 0. The van der Waals surface area contributed by atoms with Crippen molar-refractivity contribution in [1.82, 2.24) is 4.57 Å². The molecular weight excluding hydrogens is 771 g/mol. The van der Waals surface area contributed by atoms with E-state index in [2.05, 4.69) is 251 Å². The highest BCUT2D eigenvalue weighted by Gasteiger charge is 2.25. The zero-order chi connectivity index (χ0) is 41.0. The highest BCUT2D eigenvalue weighted by molar-refractivity contribution is 7.26. The molecule has 0 bridgehead atoms. The van der Waals surface area contributed by atoms with E-state index >= 15 is 0 Å². The van der Waals surface area contributed by atoms with Gasteiger partial charge in [-0.15, -0.1) is 11.3 Å². The van der Waals surface area contributed by atoms with Crippen LogP contribution in [-0.2, 0) is 0 Å². The molecule has 2 aromatic heterocycles. The van der Waals surface area contributed by atoms with Gasteiger partial charge in [0.2, 0.25) is 0 Å². The maximum Gasteiger partial charge on any atom is 0.0583 e. The summed E-state index contributed by atoms with van der Waals surface area (Å²) < 4.78 is 5.04. The lowest BCUT2D eigenvalue weighted by molar-refractivity contribution is 1.17. The standard InChI is InChI=1S/C58H39N3S/c1-5-18-40(19-6-1)42-21-17-28-46(36-42)61-52-31-16-15-30-50(52)58-53(60(44-24-9-3-10-25-44)45-26-11-4-12-27-45)38-48(39-54(58)61)59(43-22-7-2-8-23-43)47-33-35-55-51(37-47)57-49-29-14-13-20-41(49)32-34-56(57)62-55/h1-39H. The van der Waals surface area contributed by atoms with Gasteiger partial charge in [0.15, 0.2) is 0 Å². The van der Waals surface area contributed by atoms with Crippen LogP contribution in [0.15, 0.2) is 237 Å². The summed E-state index contributed by atoms with van der Waals surface area (Å²) in [5.74, 6) is 0. The van der Waals surface area contributed by atoms with Crippen molar-refractivity contribution in [2.45, 2.75) is 0 Å². The van der Waals surface area contributed by atoms with Crippen LogP contribution in [0.25, 0.3) is 69.6 Å². The summed E-state index contributed by atoms with van der Waals surface area (Å²) in [6, 6.07) is 86.0. The lowest BCUT2D eigenvalue weighted by Gasteiger charge is -2.30. The molecule has 0 fully saturated rings. The molecule has 10 aromatic carbocycles. The van der Waals surface area contributed by atoms with Gasteiger partial charge < -0.3 is 14.4 Å². The van der Waals surface area contributed by atoms with Crippen molar-refractivity contribution < 1.29 is 0 Å². The SMILES string of the molecule is c1ccc(-c2cccc(-n3c4ccccc4c4c(N(c5ccccc5)c5ccccc5)cc(N(c5ccccc5)c5ccc6sc7ccc8ccccc8c7c6c5)cc43)c2)cc1. The van der Waals surface area contributed by atoms with E-state index in [9.17, 15) is 0 Å². The first-order valence-corrected chi connectivity index (χ1v) is 21.9. The van der Waals surface area contributed by atoms with Gasteiger partial charge in [0.05, 0.1) is 22.4 Å². The molecule has 0 aliphatic carbocycles. The normalized spacial score (nSPS) is 11.5. The molecule has 0 atom stereocenters. The van der Waals surface area contributed by atoms with E-state index in [1.54, 1.807) is 0 Å². The lowest BCUT2D eigenvalue weighted by atomic mass is 10.0. The van der Waals surface area contributed by atoms with Gasteiger partial charge in [-0.2, -0.15) is 0 Å². The van der Waals surface area contributed by atoms with Crippen LogP contribution in [0.4, 0.5) is 34.1 Å². The zero-order valence-corrected chi connectivity index (χ0v) is 34.6. The Bertz CT molecular complexity index is 3540. The monoisotopic (exact) mass is 809 g/mol. The molecule has 2 heterocycles. The Morgan fingerprint density at radius 3 is 1.65 bits per heavy atom. The van der Waals surface area contributed by atoms with Crippen molar-refractivity contribution in [3.05, 3.63) is 237 Å². The van der Waals surface area contributed by atoms with Crippen molar-refractivity contribution in [3.63, 3.8) is 0 Å². The summed E-state index contributed by atoms with van der Waals surface area (Å²) >= 11 is 1.86. The molecule has 0 unspecified atom stereocenters. The zero-order valence-electron chi connectivity index (χ0n) is 33.8. The van der Waals surface area contributed by atoms with Crippen LogP contribution in [-0.4, -0.2) is 4.57 Å². The number of thiophene rings is 1. The first-order chi connectivity index (χ1) is 30.8. The van der Waals surface area contributed by atoms with E-state index in [4.69, 9.17) is 0 Å². The van der Waals surface area contributed by atoms with Crippen LogP contribution in [0.3, 0.4) is 0 Å². The lowest BCUT2D eigenvalue weighted by Crippen LogP contribution is -2.14. The van der Waals surface area contributed by atoms with Crippen LogP contribution >= 0.6 is 11.3 Å². The number of fused-ring (bicyclic) bond motifs is 8. The van der Waals surface area contributed by atoms with Gasteiger partial charge >= 0.3 is 0 Å². The molecule has 0 aliphatic heterocycles. The Morgan fingerprint density at radius 2 is 0.919 bits per heavy atom. The van der Waals surface area contributed by atoms with Gasteiger partial charge in [-0.05, 0) is 113 Å². The third-order valence-electron chi connectivity index (χ3n) is 12.1. The van der Waals surface area contributed by atoms with Gasteiger partial charge in [0, 0.05) is 59.4 Å². The minimum Gasteiger partial charge on any atom is -0.310 e. The minimum atomic E-state index is 1.06. The molecule has 0 saturated carbocycles. The van der Waals surface area contributed by atoms with Crippen LogP contribution in [0.2, 0.25) is 0 Å². The van der Waals surface area contributed by atoms with Crippen molar-refractivity contribution in [2.75, 3.05) is 9.80 Å². The van der Waals surface area contributed by atoms with Gasteiger partial charge in [0.25, 0.3) is 0 Å². The molecule has 0 aliphatic rings. The average Bonchev–Trinajstić information content (AvgIpc) is 3.89. The summed E-state index contributed by atoms with van der Waals surface area (Å²) in [4.78, 5) is 4.86. The van der Waals surface area contributed by atoms with E-state index in [0.29, 0.717) is 0 Å². The number of para-hydroxylation sites is 4. The topological polar surface area (TPSA) is 11.4 Å². The molecule has 292 valence electrons. The highest BCUT2D eigenvalue weighted by atomic mass is 32.1. The number of hydrogen-bond donors (Lipinski definition) is 0. The number of rotatable bonds is 8. The molecule has 0 saturated heterocycles. The fraction of sp³-hybridized carbons (Fsp3) is 0. The summed E-state index contributed by atoms with van der Waals surface area (Å²) in [6.45, 7) is 0. The maximum atomic E-state index is 2.46. The minimum absolute atomic E-state index is 1.06. The van der Waals surface area contributed by atoms with Crippen LogP contribution in [0, 0.1) is 0 Å². The molecule has 4 heteroatoms. The van der Waals surface area contributed by atoms with Crippen molar-refractivity contribution >= 4 is 98.2 Å². The van der Waals surface area contributed by atoms with Crippen LogP contribution in [0.5, 0.6) is 0 Å². The van der Waals surface area contributed by atoms with Gasteiger partial charge in [-0.1, -0.05) is 146 Å². The second-order valence-electron chi connectivity index (χ2n) is 15.7. The molecule has 0 radical (unpaired) electrons. The highest BCUT2D eigenvalue weighted by Crippen LogP contribution is 2.49. The molecular formula is C58H39N3S. The van der Waals surface area contributed by atoms with E-state index in [1.807, 2.05) is 11.3 Å². The van der Waals surface area contributed by atoms with E-state index in [0.717, 1.165) is 50.8 Å². The molecule has 12 rings (SSSR count). The Labute approximate surface area is 364 Å². The number of benzene rings is 10. The quantitative estimate of drug-likeness (QED) is 0.151. The third-order valence-corrected chi connectivity index (χ3v) is 13.2. The fourth-order valence-electron chi connectivity index (χ4n) is 9.38. The summed E-state index contributed by atoms with van der Waals surface area (Å²) in [5.41, 5.74) is 12.3. The number of nitrogens with zero attached hydrogens (tertiary/aromatic N) is 3. The van der Waals surface area contributed by atoms with Gasteiger partial charge in [0.1, 0.15) is 0 Å². The molecule has 62 heavy (non-hydrogen) atoms. The van der Waals surface area contributed by atoms with Gasteiger partial charge in [-0.25, -0.2) is 0 Å². The Hall–Kier alpha value is -7.92. The van der Waals surface area contributed by atoms with E-state index < -0.39 is 0 Å². The molecule has 0 amide bonds. The summed E-state index contributed by atoms with van der Waals surface area (Å²) in [7, 11) is 0. The predicted octanol–water partition coefficient (Wildman–Crippen LogP) is 16.9. The smallest absolute Gasteiger partial charge is 0.0583 e. The molecule has 0 N–H and O–H groups in total. The first-order valence-electron chi connectivity index (χ1n) is 21.1. The number of aromatic nitrogens is 1. The van der Waals surface area contributed by atoms with Crippen molar-refractivity contribution in [1.29, 1.82) is 0 Å². The number of anilines is 6. The largest absolute Gasteiger partial charge is 0.310 e. The fourth-order valence-corrected chi connectivity index (χ4v) is 10.5. The second-order valence-corrected chi connectivity index (χ2v) is 16.8. The van der Waals surface area contributed by atoms with Crippen LogP contribution in [0.1, 0.15) is 0 Å². The Morgan fingerprint density at radius 1 is 0.323 bits per heavy atom. The Balaban J connectivity index is 1.19. The number of hydrogen-bond acceptors (Lipinski definition) is 3. The maximum absolute atomic E-state index is 2.46. The summed E-state index contributed by atoms with van der Waals surface area (Å²) in [5, 5.41) is 7.49. The van der Waals surface area contributed by atoms with Gasteiger partial charge in [-0.3, -0.25) is 0 Å². The molecule has 0 spiro atoms. The average molecular weight is 810 g/mol. The first kappa shape index (κ1) is 36.0. The second kappa shape index (κ2) is 15.0. The van der Waals surface area contributed by atoms with Crippen LogP contribution < -0.4 is 9.80 Å². The Kier molecular flexibility index (Phi) is 8.68. The van der Waals surface area contributed by atoms with E-state index in [1.165, 1.54) is 52.8 Å². The molecule has 12 aromatic rings. The third kappa shape index (κ3) is 6.03. The predicted molar refractivity (Wildman–Crippen MR) is 266 cm³/mol. The van der Waals surface area contributed by atoms with E-state index in [-0.39, 0.29) is 0 Å². The van der Waals surface area contributed by atoms with Crippen molar-refractivity contribution in [2.24, 2.45) is 0 Å². The van der Waals surface area contributed by atoms with Crippen molar-refractivity contribution in [3.8, 4) is 16.8 Å². The molecule has 3 nitrogen and oxygen atoms in total.